The summed E-state index contributed by atoms with van der Waals surface area (Å²) in [6.07, 6.45) is 2.07. The fourth-order valence-corrected chi connectivity index (χ4v) is 4.18. The summed E-state index contributed by atoms with van der Waals surface area (Å²) in [4.78, 5) is 2.51. The van der Waals surface area contributed by atoms with Gasteiger partial charge in [0.2, 0.25) is 0 Å². The molecule has 0 saturated carbocycles. The van der Waals surface area contributed by atoms with Crippen LogP contribution in [-0.4, -0.2) is 42.3 Å². The maximum absolute atomic E-state index is 4.88. The van der Waals surface area contributed by atoms with Crippen molar-refractivity contribution in [2.24, 2.45) is 5.10 Å². The van der Waals surface area contributed by atoms with E-state index >= 15 is 0 Å². The van der Waals surface area contributed by atoms with Crippen molar-refractivity contribution >= 4 is 27.8 Å². The number of hydrogen-bond acceptors (Lipinski definition) is 3. The fourth-order valence-electron chi connectivity index (χ4n) is 4.18. The van der Waals surface area contributed by atoms with Gasteiger partial charge in [-0.05, 0) is 33.2 Å². The second kappa shape index (κ2) is 8.06. The second-order valence-corrected chi connectivity index (χ2v) is 7.69. The summed E-state index contributed by atoms with van der Waals surface area (Å²) in [7, 11) is 0. The first-order valence-corrected chi connectivity index (χ1v) is 10.3. The topological polar surface area (TPSA) is 18.8 Å². The molecule has 1 heterocycles. The van der Waals surface area contributed by atoms with E-state index in [9.17, 15) is 0 Å². The Balaban J connectivity index is 1.35. The highest BCUT2D eigenvalue weighted by Gasteiger charge is 2.15. The average Bonchev–Trinajstić information content (AvgIpc) is 2.78. The van der Waals surface area contributed by atoms with Gasteiger partial charge in [0.05, 0.1) is 6.21 Å². The molecule has 3 nitrogen and oxygen atoms in total. The minimum Gasteiger partial charge on any atom is -0.295 e. The quantitative estimate of drug-likeness (QED) is 0.361. The van der Waals surface area contributed by atoms with Crippen molar-refractivity contribution in [3.63, 3.8) is 0 Å². The van der Waals surface area contributed by atoms with Gasteiger partial charge in [-0.25, -0.2) is 0 Å². The summed E-state index contributed by atoms with van der Waals surface area (Å²) >= 11 is 0. The molecular weight excluding hydrogens is 354 g/mol. The SMILES string of the molecule is C(=N/N1CCN(Cc2ccccc2)CC1)/c1c2ccccc2cc2ccccc12. The van der Waals surface area contributed by atoms with Crippen molar-refractivity contribution in [3.8, 4) is 0 Å². The van der Waals surface area contributed by atoms with Crippen LogP contribution in [0.1, 0.15) is 11.1 Å². The molecule has 0 bridgehead atoms. The zero-order valence-electron chi connectivity index (χ0n) is 16.5. The number of nitrogens with zero attached hydrogens (tertiary/aromatic N) is 3. The molecule has 1 aliphatic rings. The van der Waals surface area contributed by atoms with Gasteiger partial charge in [-0.15, -0.1) is 0 Å². The summed E-state index contributed by atoms with van der Waals surface area (Å²) in [5, 5.41) is 12.1. The van der Waals surface area contributed by atoms with E-state index in [1.54, 1.807) is 0 Å². The molecular formula is C26H25N3. The Morgan fingerprint density at radius 1 is 0.690 bits per heavy atom. The second-order valence-electron chi connectivity index (χ2n) is 7.69. The van der Waals surface area contributed by atoms with Crippen molar-refractivity contribution in [1.82, 2.24) is 9.91 Å². The normalized spacial score (nSPS) is 15.5. The first-order chi connectivity index (χ1) is 14.4. The van der Waals surface area contributed by atoms with Crippen LogP contribution >= 0.6 is 0 Å². The Hall–Kier alpha value is -3.17. The zero-order chi connectivity index (χ0) is 19.5. The molecule has 5 rings (SSSR count). The summed E-state index contributed by atoms with van der Waals surface area (Å²) in [6, 6.07) is 30.2. The van der Waals surface area contributed by atoms with Gasteiger partial charge in [-0.3, -0.25) is 9.91 Å². The highest BCUT2D eigenvalue weighted by atomic mass is 15.5. The van der Waals surface area contributed by atoms with Gasteiger partial charge in [0.1, 0.15) is 0 Å². The first kappa shape index (κ1) is 17.9. The third-order valence-electron chi connectivity index (χ3n) is 5.76. The maximum atomic E-state index is 4.88. The van der Waals surface area contributed by atoms with Gasteiger partial charge in [0.15, 0.2) is 0 Å². The van der Waals surface area contributed by atoms with E-state index in [0.717, 1.165) is 32.7 Å². The molecule has 3 heteroatoms. The van der Waals surface area contributed by atoms with Crippen molar-refractivity contribution < 1.29 is 0 Å². The van der Waals surface area contributed by atoms with E-state index in [1.807, 2.05) is 0 Å². The monoisotopic (exact) mass is 379 g/mol. The summed E-state index contributed by atoms with van der Waals surface area (Å²) in [5.41, 5.74) is 2.59. The van der Waals surface area contributed by atoms with Gasteiger partial charge in [-0.2, -0.15) is 5.10 Å². The predicted octanol–water partition coefficient (Wildman–Crippen LogP) is 5.14. The van der Waals surface area contributed by atoms with Crippen LogP contribution in [0.2, 0.25) is 0 Å². The third kappa shape index (κ3) is 3.87. The molecule has 1 fully saturated rings. The zero-order valence-corrected chi connectivity index (χ0v) is 16.5. The van der Waals surface area contributed by atoms with Gasteiger partial charge < -0.3 is 0 Å². The first-order valence-electron chi connectivity index (χ1n) is 10.3. The molecule has 0 atom stereocenters. The number of hydrazone groups is 1. The van der Waals surface area contributed by atoms with Gasteiger partial charge in [0, 0.05) is 38.3 Å². The van der Waals surface area contributed by atoms with E-state index < -0.39 is 0 Å². The molecule has 1 aliphatic heterocycles. The molecule has 0 aliphatic carbocycles. The molecule has 0 spiro atoms. The van der Waals surface area contributed by atoms with E-state index in [1.165, 1.54) is 32.7 Å². The Morgan fingerprint density at radius 3 is 1.93 bits per heavy atom. The van der Waals surface area contributed by atoms with Crippen LogP contribution < -0.4 is 0 Å². The Morgan fingerprint density at radius 2 is 1.28 bits per heavy atom. The van der Waals surface area contributed by atoms with E-state index in [0.29, 0.717) is 0 Å². The molecule has 0 aromatic heterocycles. The Bertz CT molecular complexity index is 1090. The molecule has 0 unspecified atom stereocenters. The lowest BCUT2D eigenvalue weighted by molar-refractivity contribution is 0.131. The minimum absolute atomic E-state index is 0.964. The summed E-state index contributed by atoms with van der Waals surface area (Å²) < 4.78 is 0. The number of piperazine rings is 1. The van der Waals surface area contributed by atoms with Crippen molar-refractivity contribution in [2.75, 3.05) is 26.2 Å². The number of rotatable bonds is 4. The van der Waals surface area contributed by atoms with Crippen LogP contribution in [0.3, 0.4) is 0 Å². The van der Waals surface area contributed by atoms with Crippen LogP contribution in [0.4, 0.5) is 0 Å². The third-order valence-corrected chi connectivity index (χ3v) is 5.76. The lowest BCUT2D eigenvalue weighted by atomic mass is 9.97. The summed E-state index contributed by atoms with van der Waals surface area (Å²) in [5.74, 6) is 0. The largest absolute Gasteiger partial charge is 0.295 e. The van der Waals surface area contributed by atoms with Crippen molar-refractivity contribution in [2.45, 2.75) is 6.54 Å². The van der Waals surface area contributed by atoms with Gasteiger partial charge in [0.25, 0.3) is 0 Å². The smallest absolute Gasteiger partial charge is 0.0555 e. The minimum atomic E-state index is 0.964. The summed E-state index contributed by atoms with van der Waals surface area (Å²) in [6.45, 7) is 5.04. The predicted molar refractivity (Wildman–Crippen MR) is 122 cm³/mol. The standard InChI is InChI=1S/C26H25N3/c1-2-8-21(9-3-1)20-28-14-16-29(17-15-28)27-19-26-24-12-6-4-10-22(24)18-23-11-5-7-13-25(23)26/h1-13,18-19H,14-17,20H2/b27-19-. The maximum Gasteiger partial charge on any atom is 0.0555 e. The lowest BCUT2D eigenvalue weighted by Crippen LogP contribution is -2.43. The van der Waals surface area contributed by atoms with Crippen LogP contribution in [0.15, 0.2) is 90.0 Å². The van der Waals surface area contributed by atoms with Crippen LogP contribution in [0, 0.1) is 0 Å². The van der Waals surface area contributed by atoms with Crippen LogP contribution in [-0.2, 0) is 6.54 Å². The average molecular weight is 380 g/mol. The number of hydrogen-bond donors (Lipinski definition) is 0. The Kier molecular flexibility index (Phi) is 4.97. The Labute approximate surface area is 171 Å². The molecule has 1 saturated heterocycles. The van der Waals surface area contributed by atoms with Gasteiger partial charge >= 0.3 is 0 Å². The molecule has 0 radical (unpaired) electrons. The fraction of sp³-hybridized carbons (Fsp3) is 0.192. The lowest BCUT2D eigenvalue weighted by Gasteiger charge is -2.33. The number of benzene rings is 4. The van der Waals surface area contributed by atoms with Crippen molar-refractivity contribution in [1.29, 1.82) is 0 Å². The number of fused-ring (bicyclic) bond motifs is 2. The molecule has 0 amide bonds. The molecule has 4 aromatic carbocycles. The molecule has 0 N–H and O–H groups in total. The van der Waals surface area contributed by atoms with E-state index in [2.05, 4.69) is 101 Å². The van der Waals surface area contributed by atoms with E-state index in [-0.39, 0.29) is 0 Å². The van der Waals surface area contributed by atoms with Crippen LogP contribution in [0.25, 0.3) is 21.5 Å². The van der Waals surface area contributed by atoms with E-state index in [4.69, 9.17) is 5.10 Å². The van der Waals surface area contributed by atoms with Crippen molar-refractivity contribution in [3.05, 3.63) is 96.1 Å². The molecule has 4 aromatic rings. The van der Waals surface area contributed by atoms with Gasteiger partial charge in [-0.1, -0.05) is 78.9 Å². The highest BCUT2D eigenvalue weighted by molar-refractivity contribution is 6.13. The highest BCUT2D eigenvalue weighted by Crippen LogP contribution is 2.27. The van der Waals surface area contributed by atoms with Crippen LogP contribution in [0.5, 0.6) is 0 Å². The molecule has 144 valence electrons. The molecule has 29 heavy (non-hydrogen) atoms.